The van der Waals surface area contributed by atoms with Crippen LogP contribution in [0.4, 0.5) is 5.69 Å². The Balaban J connectivity index is 1.52. The van der Waals surface area contributed by atoms with E-state index in [-0.39, 0.29) is 29.4 Å². The number of hydrogen-bond donors (Lipinski definition) is 0. The smallest absolute Gasteiger partial charge is 0.240 e. The first-order chi connectivity index (χ1) is 15.2. The maximum atomic E-state index is 13.6. The number of ketones is 1. The van der Waals surface area contributed by atoms with Crippen molar-refractivity contribution < 1.29 is 18.8 Å². The number of furan rings is 1. The molecule has 3 aromatic rings. The van der Waals surface area contributed by atoms with Gasteiger partial charge in [-0.3, -0.25) is 14.4 Å². The van der Waals surface area contributed by atoms with E-state index < -0.39 is 17.9 Å². The van der Waals surface area contributed by atoms with E-state index in [0.717, 1.165) is 11.1 Å². The summed E-state index contributed by atoms with van der Waals surface area (Å²) >= 11 is 0. The Morgan fingerprint density at radius 1 is 0.839 bits per heavy atom. The summed E-state index contributed by atoms with van der Waals surface area (Å²) in [7, 11) is 0. The van der Waals surface area contributed by atoms with E-state index in [2.05, 4.69) is 0 Å². The minimum atomic E-state index is -0.809. The summed E-state index contributed by atoms with van der Waals surface area (Å²) in [6.45, 7) is 0. The minimum absolute atomic E-state index is 0.190. The molecule has 3 aliphatic heterocycles. The number of nitrogens with zero attached hydrogens (tertiary/aromatic N) is 2. The van der Waals surface area contributed by atoms with Gasteiger partial charge in [-0.2, -0.15) is 0 Å². The van der Waals surface area contributed by atoms with Crippen LogP contribution in [0.5, 0.6) is 0 Å². The van der Waals surface area contributed by atoms with Gasteiger partial charge in [-0.1, -0.05) is 42.5 Å². The largest absolute Gasteiger partial charge is 0.461 e. The standard InChI is InChI=1S/C25H18N2O4/c28-23(18-11-6-14-31-18)22-20-19(21-17-10-5-4-7-15(17)12-13-26(21)22)24(29)27(25(20)30)16-8-2-1-3-9-16/h1-14,19-22H/t19-,20+,21-,22-/m1/s1. The summed E-state index contributed by atoms with van der Waals surface area (Å²) in [6, 6.07) is 18.8. The molecule has 3 aliphatic rings. The number of carbonyl (C=O) groups is 3. The average molecular weight is 410 g/mol. The highest BCUT2D eigenvalue weighted by Crippen LogP contribution is 2.53. The molecule has 0 spiro atoms. The average Bonchev–Trinajstić information content (AvgIpc) is 3.50. The van der Waals surface area contributed by atoms with Crippen molar-refractivity contribution in [3.63, 3.8) is 0 Å². The van der Waals surface area contributed by atoms with Gasteiger partial charge < -0.3 is 9.32 Å². The van der Waals surface area contributed by atoms with Crippen molar-refractivity contribution in [1.29, 1.82) is 0 Å². The number of imide groups is 1. The lowest BCUT2D eigenvalue weighted by molar-refractivity contribution is -0.123. The van der Waals surface area contributed by atoms with Crippen LogP contribution in [0.2, 0.25) is 0 Å². The number of fused-ring (bicyclic) bond motifs is 5. The van der Waals surface area contributed by atoms with Gasteiger partial charge in [0.25, 0.3) is 0 Å². The minimum Gasteiger partial charge on any atom is -0.461 e. The Morgan fingerprint density at radius 3 is 2.35 bits per heavy atom. The zero-order valence-electron chi connectivity index (χ0n) is 16.4. The summed E-state index contributed by atoms with van der Waals surface area (Å²) < 4.78 is 5.37. The molecule has 31 heavy (non-hydrogen) atoms. The van der Waals surface area contributed by atoms with Crippen LogP contribution in [-0.4, -0.2) is 28.5 Å². The Bertz CT molecular complexity index is 1230. The number of hydrogen-bond acceptors (Lipinski definition) is 5. The summed E-state index contributed by atoms with van der Waals surface area (Å²) in [5, 5.41) is 0. The van der Waals surface area contributed by atoms with Gasteiger partial charge in [0.05, 0.1) is 29.8 Å². The molecule has 0 unspecified atom stereocenters. The maximum absolute atomic E-state index is 13.6. The Hall–Kier alpha value is -3.93. The lowest BCUT2D eigenvalue weighted by Gasteiger charge is -2.35. The zero-order valence-corrected chi connectivity index (χ0v) is 16.4. The fraction of sp³-hybridized carbons (Fsp3) is 0.160. The molecule has 2 aromatic carbocycles. The highest BCUT2D eigenvalue weighted by Gasteiger charge is 2.64. The third kappa shape index (κ3) is 2.42. The van der Waals surface area contributed by atoms with E-state index in [1.165, 1.54) is 11.2 Å². The van der Waals surface area contributed by atoms with E-state index >= 15 is 0 Å². The number of rotatable bonds is 3. The fourth-order valence-corrected chi connectivity index (χ4v) is 5.25. The number of para-hydroxylation sites is 1. The van der Waals surface area contributed by atoms with E-state index in [1.807, 2.05) is 47.5 Å². The van der Waals surface area contributed by atoms with Crippen molar-refractivity contribution in [2.45, 2.75) is 12.1 Å². The molecule has 4 heterocycles. The number of carbonyl (C=O) groups excluding carboxylic acids is 3. The topological polar surface area (TPSA) is 70.8 Å². The molecule has 0 aliphatic carbocycles. The molecule has 2 fully saturated rings. The number of benzene rings is 2. The zero-order chi connectivity index (χ0) is 21.1. The van der Waals surface area contributed by atoms with Crippen molar-refractivity contribution in [3.8, 4) is 0 Å². The molecule has 0 radical (unpaired) electrons. The molecule has 1 aromatic heterocycles. The summed E-state index contributed by atoms with van der Waals surface area (Å²) in [4.78, 5) is 43.8. The second kappa shape index (κ2) is 6.54. The quantitative estimate of drug-likeness (QED) is 0.487. The van der Waals surface area contributed by atoms with Gasteiger partial charge in [-0.25, -0.2) is 4.90 Å². The molecule has 0 saturated carbocycles. The lowest BCUT2D eigenvalue weighted by atomic mass is 9.84. The molecule has 6 nitrogen and oxygen atoms in total. The van der Waals surface area contributed by atoms with E-state index in [9.17, 15) is 14.4 Å². The molecular weight excluding hydrogens is 392 g/mol. The van der Waals surface area contributed by atoms with Crippen LogP contribution in [0.1, 0.15) is 27.7 Å². The molecule has 152 valence electrons. The van der Waals surface area contributed by atoms with Crippen LogP contribution in [0, 0.1) is 11.8 Å². The van der Waals surface area contributed by atoms with Crippen LogP contribution in [0.25, 0.3) is 6.08 Å². The van der Waals surface area contributed by atoms with E-state index in [1.54, 1.807) is 36.4 Å². The third-order valence-corrected chi connectivity index (χ3v) is 6.51. The molecule has 6 rings (SSSR count). The third-order valence-electron chi connectivity index (χ3n) is 6.51. The summed E-state index contributed by atoms with van der Waals surface area (Å²) in [5.74, 6) is -2.14. The maximum Gasteiger partial charge on any atom is 0.240 e. The Morgan fingerprint density at radius 2 is 1.58 bits per heavy atom. The Kier molecular flexibility index (Phi) is 3.77. The second-order valence-corrected chi connectivity index (χ2v) is 8.02. The molecule has 4 atom stereocenters. The first-order valence-corrected chi connectivity index (χ1v) is 10.2. The monoisotopic (exact) mass is 410 g/mol. The van der Waals surface area contributed by atoms with Gasteiger partial charge in [0, 0.05) is 6.20 Å². The van der Waals surface area contributed by atoms with E-state index in [0.29, 0.717) is 5.69 Å². The van der Waals surface area contributed by atoms with Crippen LogP contribution in [-0.2, 0) is 9.59 Å². The second-order valence-electron chi connectivity index (χ2n) is 8.02. The SMILES string of the molecule is O=C(c1ccco1)[C@H]1[C@H]2C(=O)N(c3ccccc3)C(=O)[C@H]2[C@H]2c3ccccc3C=CN21. The van der Waals surface area contributed by atoms with E-state index in [4.69, 9.17) is 4.42 Å². The lowest BCUT2D eigenvalue weighted by Crippen LogP contribution is -2.44. The Labute approximate surface area is 178 Å². The molecule has 0 N–H and O–H groups in total. The number of amides is 2. The van der Waals surface area contributed by atoms with Crippen molar-refractivity contribution in [3.05, 3.63) is 96.1 Å². The molecule has 6 heteroatoms. The summed E-state index contributed by atoms with van der Waals surface area (Å²) in [6.07, 6.45) is 5.21. The highest BCUT2D eigenvalue weighted by atomic mass is 16.3. The normalized spacial score (nSPS) is 26.1. The first kappa shape index (κ1) is 17.9. The van der Waals surface area contributed by atoms with Gasteiger partial charge in [0.2, 0.25) is 17.6 Å². The van der Waals surface area contributed by atoms with Crippen molar-refractivity contribution >= 4 is 29.4 Å². The first-order valence-electron chi connectivity index (χ1n) is 10.2. The van der Waals surface area contributed by atoms with Crippen molar-refractivity contribution in [2.24, 2.45) is 11.8 Å². The fourth-order valence-electron chi connectivity index (χ4n) is 5.25. The summed E-state index contributed by atoms with van der Waals surface area (Å²) in [5.41, 5.74) is 2.47. The van der Waals surface area contributed by atoms with Crippen molar-refractivity contribution in [1.82, 2.24) is 4.90 Å². The van der Waals surface area contributed by atoms with Crippen LogP contribution < -0.4 is 4.90 Å². The van der Waals surface area contributed by atoms with Gasteiger partial charge in [0.1, 0.15) is 6.04 Å². The molecule has 0 bridgehead atoms. The predicted octanol–water partition coefficient (Wildman–Crippen LogP) is 3.68. The predicted molar refractivity (Wildman–Crippen MR) is 113 cm³/mol. The number of anilines is 1. The highest BCUT2D eigenvalue weighted by molar-refractivity contribution is 6.24. The van der Waals surface area contributed by atoms with Crippen LogP contribution in [0.15, 0.2) is 83.6 Å². The van der Waals surface area contributed by atoms with Gasteiger partial charge in [-0.05, 0) is 41.5 Å². The number of Topliss-reactive ketones (excluding diaryl/α,β-unsaturated/α-hetero) is 1. The van der Waals surface area contributed by atoms with Gasteiger partial charge in [0.15, 0.2) is 5.76 Å². The van der Waals surface area contributed by atoms with Gasteiger partial charge in [-0.15, -0.1) is 0 Å². The molecular formula is C25H18N2O4. The van der Waals surface area contributed by atoms with Gasteiger partial charge >= 0.3 is 0 Å². The van der Waals surface area contributed by atoms with Crippen LogP contribution in [0.3, 0.4) is 0 Å². The van der Waals surface area contributed by atoms with Crippen molar-refractivity contribution in [2.75, 3.05) is 4.90 Å². The molecule has 2 saturated heterocycles. The molecule has 2 amide bonds. The van der Waals surface area contributed by atoms with Crippen LogP contribution >= 0.6 is 0 Å².